The lowest BCUT2D eigenvalue weighted by Crippen LogP contribution is -2.56. The zero-order chi connectivity index (χ0) is 15.5. The monoisotopic (exact) mass is 319 g/mol. The van der Waals surface area contributed by atoms with Crippen LogP contribution < -0.4 is 5.32 Å². The maximum Gasteiger partial charge on any atom is 0.282 e. The summed E-state index contributed by atoms with van der Waals surface area (Å²) in [7, 11) is -3.36. The van der Waals surface area contributed by atoms with Crippen molar-refractivity contribution in [3.8, 4) is 0 Å². The number of hydrogen-bond donors (Lipinski definition) is 1. The van der Waals surface area contributed by atoms with Crippen LogP contribution in [0.25, 0.3) is 0 Å². The van der Waals surface area contributed by atoms with Gasteiger partial charge in [0, 0.05) is 37.8 Å². The molecular formula is C14H29N3O3S. The largest absolute Gasteiger partial charge is 0.379 e. The lowest BCUT2D eigenvalue weighted by molar-refractivity contribution is 0.0680. The number of nitrogens with one attached hydrogen (secondary N) is 1. The van der Waals surface area contributed by atoms with Gasteiger partial charge in [0.25, 0.3) is 10.2 Å². The maximum atomic E-state index is 12.8. The molecule has 2 aliphatic heterocycles. The van der Waals surface area contributed by atoms with Gasteiger partial charge in [-0.15, -0.1) is 0 Å². The van der Waals surface area contributed by atoms with Gasteiger partial charge < -0.3 is 10.1 Å². The first-order valence-corrected chi connectivity index (χ1v) is 9.30. The summed E-state index contributed by atoms with van der Waals surface area (Å²) in [6.45, 7) is 9.61. The van der Waals surface area contributed by atoms with Gasteiger partial charge in [-0.25, -0.2) is 0 Å². The van der Waals surface area contributed by atoms with Crippen LogP contribution >= 0.6 is 0 Å². The third-order valence-electron chi connectivity index (χ3n) is 4.03. The highest BCUT2D eigenvalue weighted by molar-refractivity contribution is 7.86. The molecule has 7 heteroatoms. The molecule has 0 aromatic heterocycles. The molecule has 0 bridgehead atoms. The van der Waals surface area contributed by atoms with Gasteiger partial charge in [0.1, 0.15) is 0 Å². The molecule has 0 aromatic rings. The molecule has 2 aliphatic rings. The normalized spacial score (nSPS) is 26.9. The molecule has 0 saturated carbocycles. The van der Waals surface area contributed by atoms with Crippen molar-refractivity contribution in [1.29, 1.82) is 0 Å². The number of piperidine rings is 1. The number of rotatable bonds is 4. The SMILES string of the molecule is CC(C)(C)NCC1CCCCN1S(=O)(=O)N1CCOCC1. The number of nitrogens with zero attached hydrogens (tertiary/aromatic N) is 2. The van der Waals surface area contributed by atoms with E-state index in [1.165, 1.54) is 0 Å². The van der Waals surface area contributed by atoms with Gasteiger partial charge in [0.15, 0.2) is 0 Å². The minimum absolute atomic E-state index is 0.00580. The van der Waals surface area contributed by atoms with Gasteiger partial charge in [0.05, 0.1) is 13.2 Å². The minimum Gasteiger partial charge on any atom is -0.379 e. The lowest BCUT2D eigenvalue weighted by Gasteiger charge is -2.40. The summed E-state index contributed by atoms with van der Waals surface area (Å²) in [5, 5.41) is 3.45. The average Bonchev–Trinajstić information content (AvgIpc) is 2.45. The fourth-order valence-electron chi connectivity index (χ4n) is 2.83. The molecule has 21 heavy (non-hydrogen) atoms. The summed E-state index contributed by atoms with van der Waals surface area (Å²) in [5.74, 6) is 0. The molecule has 2 saturated heterocycles. The Labute approximate surface area is 129 Å². The predicted octanol–water partition coefficient (Wildman–Crippen LogP) is 0.806. The van der Waals surface area contributed by atoms with Crippen molar-refractivity contribution in [2.24, 2.45) is 0 Å². The van der Waals surface area contributed by atoms with E-state index in [0.29, 0.717) is 39.4 Å². The van der Waals surface area contributed by atoms with Gasteiger partial charge in [-0.2, -0.15) is 17.0 Å². The minimum atomic E-state index is -3.36. The molecule has 0 amide bonds. The van der Waals surface area contributed by atoms with E-state index in [2.05, 4.69) is 26.1 Å². The highest BCUT2D eigenvalue weighted by atomic mass is 32.2. The molecule has 2 rings (SSSR count). The van der Waals surface area contributed by atoms with Crippen molar-refractivity contribution < 1.29 is 13.2 Å². The summed E-state index contributed by atoms with van der Waals surface area (Å²) in [4.78, 5) is 0. The predicted molar refractivity (Wildman–Crippen MR) is 83.4 cm³/mol. The van der Waals surface area contributed by atoms with Gasteiger partial charge in [-0.05, 0) is 33.6 Å². The Hall–Kier alpha value is -0.210. The summed E-state index contributed by atoms with van der Waals surface area (Å²) in [5.41, 5.74) is 0.00580. The van der Waals surface area contributed by atoms with Crippen molar-refractivity contribution in [2.75, 3.05) is 39.4 Å². The van der Waals surface area contributed by atoms with Gasteiger partial charge in [-0.1, -0.05) is 6.42 Å². The molecule has 6 nitrogen and oxygen atoms in total. The summed E-state index contributed by atoms with van der Waals surface area (Å²) >= 11 is 0. The van der Waals surface area contributed by atoms with Crippen molar-refractivity contribution in [2.45, 2.75) is 51.6 Å². The smallest absolute Gasteiger partial charge is 0.282 e. The molecule has 1 unspecified atom stereocenters. The van der Waals surface area contributed by atoms with Crippen LogP contribution in [0.4, 0.5) is 0 Å². The van der Waals surface area contributed by atoms with E-state index in [0.717, 1.165) is 19.3 Å². The zero-order valence-corrected chi connectivity index (χ0v) is 14.3. The Morgan fingerprint density at radius 3 is 2.43 bits per heavy atom. The second-order valence-corrected chi connectivity index (χ2v) is 8.79. The van der Waals surface area contributed by atoms with Crippen LogP contribution in [0.15, 0.2) is 0 Å². The van der Waals surface area contributed by atoms with Crippen molar-refractivity contribution >= 4 is 10.2 Å². The van der Waals surface area contributed by atoms with Crippen LogP contribution in [0.3, 0.4) is 0 Å². The number of ether oxygens (including phenoxy) is 1. The highest BCUT2D eigenvalue weighted by Gasteiger charge is 2.37. The molecule has 0 aromatic carbocycles. The van der Waals surface area contributed by atoms with E-state index in [9.17, 15) is 8.42 Å². The Morgan fingerprint density at radius 2 is 1.81 bits per heavy atom. The Morgan fingerprint density at radius 1 is 1.14 bits per heavy atom. The quantitative estimate of drug-likeness (QED) is 0.833. The average molecular weight is 319 g/mol. The van der Waals surface area contributed by atoms with Gasteiger partial charge >= 0.3 is 0 Å². The standard InChI is InChI=1S/C14H29N3O3S/c1-14(2,3)15-12-13-6-4-5-7-17(13)21(18,19)16-8-10-20-11-9-16/h13,15H,4-12H2,1-3H3. The number of morpholine rings is 1. The summed E-state index contributed by atoms with van der Waals surface area (Å²) in [6.07, 6.45) is 2.99. The molecule has 0 spiro atoms. The van der Waals surface area contributed by atoms with Crippen LogP contribution in [-0.4, -0.2) is 68.0 Å². The van der Waals surface area contributed by atoms with Crippen LogP contribution in [0.2, 0.25) is 0 Å². The Kier molecular flexibility index (Phi) is 5.65. The number of hydrogen-bond acceptors (Lipinski definition) is 4. The van der Waals surface area contributed by atoms with Crippen molar-refractivity contribution in [1.82, 2.24) is 13.9 Å². The van der Waals surface area contributed by atoms with Gasteiger partial charge in [0.2, 0.25) is 0 Å². The van der Waals surface area contributed by atoms with Crippen LogP contribution in [-0.2, 0) is 14.9 Å². The molecule has 1 N–H and O–H groups in total. The summed E-state index contributed by atoms with van der Waals surface area (Å²) < 4.78 is 34.2. The second-order valence-electron chi connectivity index (χ2n) is 6.91. The molecule has 1 atom stereocenters. The highest BCUT2D eigenvalue weighted by Crippen LogP contribution is 2.23. The molecule has 0 radical (unpaired) electrons. The first kappa shape index (κ1) is 17.1. The van der Waals surface area contributed by atoms with Crippen molar-refractivity contribution in [3.05, 3.63) is 0 Å². The second kappa shape index (κ2) is 6.91. The molecule has 0 aliphatic carbocycles. The van der Waals surface area contributed by atoms with Crippen molar-refractivity contribution in [3.63, 3.8) is 0 Å². The third-order valence-corrected chi connectivity index (χ3v) is 6.12. The van der Waals surface area contributed by atoms with E-state index < -0.39 is 10.2 Å². The van der Waals surface area contributed by atoms with E-state index in [4.69, 9.17) is 4.74 Å². The third kappa shape index (κ3) is 4.63. The first-order valence-electron chi connectivity index (χ1n) is 7.90. The van der Waals surface area contributed by atoms with Crippen LogP contribution in [0.1, 0.15) is 40.0 Å². The van der Waals surface area contributed by atoms with Crippen LogP contribution in [0.5, 0.6) is 0 Å². The van der Waals surface area contributed by atoms with E-state index in [1.54, 1.807) is 8.61 Å². The Bertz CT molecular complexity index is 427. The lowest BCUT2D eigenvalue weighted by atomic mass is 10.0. The zero-order valence-electron chi connectivity index (χ0n) is 13.5. The first-order chi connectivity index (χ1) is 9.81. The topological polar surface area (TPSA) is 61.9 Å². The fraction of sp³-hybridized carbons (Fsp3) is 1.00. The van der Waals surface area contributed by atoms with E-state index in [-0.39, 0.29) is 11.6 Å². The molecule has 124 valence electrons. The van der Waals surface area contributed by atoms with E-state index >= 15 is 0 Å². The van der Waals surface area contributed by atoms with E-state index in [1.807, 2.05) is 0 Å². The summed E-state index contributed by atoms with van der Waals surface area (Å²) in [6, 6.07) is 0.0609. The van der Waals surface area contributed by atoms with Gasteiger partial charge in [-0.3, -0.25) is 0 Å². The fourth-order valence-corrected chi connectivity index (χ4v) is 4.66. The molecular weight excluding hydrogens is 290 g/mol. The molecule has 2 fully saturated rings. The Balaban J connectivity index is 2.06. The van der Waals surface area contributed by atoms with Crippen LogP contribution in [0, 0.1) is 0 Å². The maximum absolute atomic E-state index is 12.8. The molecule has 2 heterocycles.